The average Bonchev–Trinajstić information content (AvgIpc) is 3.35. The van der Waals surface area contributed by atoms with Gasteiger partial charge >= 0.3 is 0 Å². The van der Waals surface area contributed by atoms with Gasteiger partial charge in [-0.3, -0.25) is 0 Å². The topological polar surface area (TPSA) is 93.2 Å². The lowest BCUT2D eigenvalue weighted by atomic mass is 9.95. The predicted molar refractivity (Wildman–Crippen MR) is 140 cm³/mol. The number of aromatic nitrogens is 1. The van der Waals surface area contributed by atoms with E-state index in [2.05, 4.69) is 49.7 Å². The summed E-state index contributed by atoms with van der Waals surface area (Å²) in [6, 6.07) is 8.20. The van der Waals surface area contributed by atoms with Gasteiger partial charge in [-0.2, -0.15) is 4.57 Å². The van der Waals surface area contributed by atoms with Crippen LogP contribution in [0, 0.1) is 10.1 Å². The smallest absolute Gasteiger partial charge is 0.294 e. The number of fused-ring (bicyclic) bond motifs is 5. The normalized spacial score (nSPS) is 12.9. The molecule has 2 aliphatic heterocycles. The fourth-order valence-corrected chi connectivity index (χ4v) is 5.80. The highest BCUT2D eigenvalue weighted by atomic mass is 79.9. The number of benzene rings is 2. The van der Waals surface area contributed by atoms with Crippen LogP contribution in [0.5, 0.6) is 23.0 Å². The summed E-state index contributed by atoms with van der Waals surface area (Å²) in [5.41, 5.74) is 3.51. The van der Waals surface area contributed by atoms with Crippen molar-refractivity contribution in [3.63, 3.8) is 0 Å². The molecule has 5 rings (SSSR count). The molecule has 0 saturated heterocycles. The number of hydrogen-bond donors (Lipinski definition) is 0. The maximum absolute atomic E-state index is 10.2. The minimum Gasteiger partial charge on any atom is -1.00 e. The zero-order valence-corrected chi connectivity index (χ0v) is 24.3. The first-order chi connectivity index (χ1) is 18.1. The standard InChI is InChI=1S/C27H30BrN2O7.BrH/c1-33-22-9-8-19-21(27(22)34-12-6-4-2-3-5-7-13-37-30(31)32)16-29-11-10-18-14-23-24(36-17-35-23)15-20(18)26(29)25(19)28;/h8-9,14-16H,2-7,10-13,17H2,1H3;1H/q+1;/p-1. The molecule has 1 aromatic heterocycles. The Labute approximate surface area is 240 Å². The van der Waals surface area contributed by atoms with E-state index in [-0.39, 0.29) is 30.4 Å². The third-order valence-corrected chi connectivity index (χ3v) is 7.66. The molecule has 2 aromatic carbocycles. The van der Waals surface area contributed by atoms with Crippen molar-refractivity contribution >= 4 is 26.7 Å². The van der Waals surface area contributed by atoms with Crippen molar-refractivity contribution in [3.05, 3.63) is 50.6 Å². The average molecular weight is 654 g/mol. The Kier molecular flexibility index (Phi) is 9.54. The molecule has 0 fully saturated rings. The molecule has 3 heterocycles. The molecule has 0 saturated carbocycles. The van der Waals surface area contributed by atoms with E-state index in [0.717, 1.165) is 88.8 Å². The number of halogens is 2. The van der Waals surface area contributed by atoms with E-state index < -0.39 is 5.09 Å². The van der Waals surface area contributed by atoms with Gasteiger partial charge in [0, 0.05) is 11.8 Å². The monoisotopic (exact) mass is 652 g/mol. The van der Waals surface area contributed by atoms with Crippen molar-refractivity contribution in [2.45, 2.75) is 51.5 Å². The maximum Gasteiger partial charge on any atom is 0.294 e. The van der Waals surface area contributed by atoms with Crippen LogP contribution in [-0.4, -0.2) is 32.2 Å². The van der Waals surface area contributed by atoms with Gasteiger partial charge in [0.15, 0.2) is 35.7 Å². The van der Waals surface area contributed by atoms with Crippen LogP contribution in [0.25, 0.3) is 22.0 Å². The Bertz CT molecular complexity index is 1320. The maximum atomic E-state index is 10.2. The Balaban J connectivity index is 0.00000336. The lowest BCUT2D eigenvalue weighted by molar-refractivity contribution is -0.757. The van der Waals surface area contributed by atoms with Crippen molar-refractivity contribution in [2.24, 2.45) is 0 Å². The molecule has 204 valence electrons. The molecule has 0 bridgehead atoms. The van der Waals surface area contributed by atoms with Gasteiger partial charge in [-0.25, -0.2) is 0 Å². The minimum atomic E-state index is -0.736. The first-order valence-corrected chi connectivity index (χ1v) is 13.4. The van der Waals surface area contributed by atoms with Crippen LogP contribution in [0.1, 0.15) is 44.1 Å². The highest BCUT2D eigenvalue weighted by Gasteiger charge is 2.31. The Morgan fingerprint density at radius 2 is 1.74 bits per heavy atom. The van der Waals surface area contributed by atoms with Gasteiger partial charge < -0.3 is 40.8 Å². The quantitative estimate of drug-likeness (QED) is 0.129. The molecule has 0 radical (unpaired) electrons. The summed E-state index contributed by atoms with van der Waals surface area (Å²) in [6.45, 7) is 1.87. The minimum absolute atomic E-state index is 0. The molecular weight excluding hydrogens is 624 g/mol. The molecule has 38 heavy (non-hydrogen) atoms. The molecule has 0 spiro atoms. The Hall–Kier alpha value is -2.79. The van der Waals surface area contributed by atoms with Crippen molar-refractivity contribution < 1.29 is 50.4 Å². The van der Waals surface area contributed by atoms with E-state index in [9.17, 15) is 10.1 Å². The van der Waals surface area contributed by atoms with E-state index in [0.29, 0.717) is 18.8 Å². The van der Waals surface area contributed by atoms with Gasteiger partial charge in [0.05, 0.1) is 35.7 Å². The number of pyridine rings is 1. The predicted octanol–water partition coefficient (Wildman–Crippen LogP) is 2.78. The SMILES string of the molecule is COc1ccc2c(Br)c3[n+](cc2c1OCCCCCCCCO[N+](=O)[O-])CCc1cc2c(cc1-3)OCO2.[Br-]. The molecular formula is C27H30Br2N2O7. The Morgan fingerprint density at radius 3 is 2.47 bits per heavy atom. The van der Waals surface area contributed by atoms with Gasteiger partial charge in [-0.1, -0.05) is 25.7 Å². The third kappa shape index (κ3) is 5.93. The lowest BCUT2D eigenvalue weighted by Crippen LogP contribution is -3.00. The van der Waals surface area contributed by atoms with Crippen LogP contribution in [0.2, 0.25) is 0 Å². The second kappa shape index (κ2) is 12.8. The molecule has 0 amide bonds. The van der Waals surface area contributed by atoms with Gasteiger partial charge in [-0.15, -0.1) is 10.1 Å². The molecule has 3 aromatic rings. The molecule has 0 N–H and O–H groups in total. The highest BCUT2D eigenvalue weighted by Crippen LogP contribution is 2.45. The Morgan fingerprint density at radius 1 is 1.03 bits per heavy atom. The highest BCUT2D eigenvalue weighted by molar-refractivity contribution is 9.10. The fraction of sp³-hybridized carbons (Fsp3) is 0.444. The summed E-state index contributed by atoms with van der Waals surface area (Å²) >= 11 is 3.90. The molecule has 2 aliphatic rings. The van der Waals surface area contributed by atoms with E-state index in [4.69, 9.17) is 18.9 Å². The fourth-order valence-electron chi connectivity index (χ4n) is 5.01. The van der Waals surface area contributed by atoms with E-state index >= 15 is 0 Å². The summed E-state index contributed by atoms with van der Waals surface area (Å²) in [5.74, 6) is 3.06. The number of nitrogens with zero attached hydrogens (tertiary/aromatic N) is 2. The van der Waals surface area contributed by atoms with Gasteiger partial charge in [0.1, 0.15) is 0 Å². The van der Waals surface area contributed by atoms with Crippen molar-refractivity contribution in [1.29, 1.82) is 0 Å². The van der Waals surface area contributed by atoms with Crippen LogP contribution < -0.4 is 40.5 Å². The molecule has 9 nitrogen and oxygen atoms in total. The van der Waals surface area contributed by atoms with Crippen molar-refractivity contribution in [3.8, 4) is 34.3 Å². The second-order valence-corrected chi connectivity index (χ2v) is 9.98. The van der Waals surface area contributed by atoms with Crippen molar-refractivity contribution in [2.75, 3.05) is 27.1 Å². The first kappa shape index (κ1) is 28.2. The number of methoxy groups -OCH3 is 1. The van der Waals surface area contributed by atoms with Gasteiger partial charge in [0.25, 0.3) is 5.09 Å². The van der Waals surface area contributed by atoms with E-state index in [1.807, 2.05) is 6.07 Å². The zero-order valence-electron chi connectivity index (χ0n) is 21.2. The zero-order chi connectivity index (χ0) is 25.8. The van der Waals surface area contributed by atoms with Crippen molar-refractivity contribution in [1.82, 2.24) is 0 Å². The van der Waals surface area contributed by atoms with Crippen LogP contribution in [0.4, 0.5) is 0 Å². The van der Waals surface area contributed by atoms with Crippen LogP contribution >= 0.6 is 15.9 Å². The number of aryl methyl sites for hydroxylation is 2. The second-order valence-electron chi connectivity index (χ2n) is 9.18. The summed E-state index contributed by atoms with van der Waals surface area (Å²) in [6.07, 6.45) is 8.72. The molecule has 0 aliphatic carbocycles. The van der Waals surface area contributed by atoms with Gasteiger partial charge in [-0.05, 0) is 58.6 Å². The largest absolute Gasteiger partial charge is 1.00 e. The summed E-state index contributed by atoms with van der Waals surface area (Å²) in [7, 11) is 1.66. The van der Waals surface area contributed by atoms with E-state index in [1.165, 1.54) is 5.56 Å². The summed E-state index contributed by atoms with van der Waals surface area (Å²) < 4.78 is 26.5. The molecule has 0 unspecified atom stereocenters. The lowest BCUT2D eigenvalue weighted by Gasteiger charge is -2.19. The van der Waals surface area contributed by atoms with Crippen LogP contribution in [0.15, 0.2) is 34.9 Å². The third-order valence-electron chi connectivity index (χ3n) is 6.85. The van der Waals surface area contributed by atoms with Crippen LogP contribution in [-0.2, 0) is 17.8 Å². The molecule has 11 heteroatoms. The van der Waals surface area contributed by atoms with E-state index in [1.54, 1.807) is 7.11 Å². The molecule has 0 atom stereocenters. The summed E-state index contributed by atoms with van der Waals surface area (Å²) in [4.78, 5) is 14.5. The van der Waals surface area contributed by atoms with Crippen LogP contribution in [0.3, 0.4) is 0 Å². The number of hydrogen-bond acceptors (Lipinski definition) is 7. The number of ether oxygens (including phenoxy) is 4. The summed E-state index contributed by atoms with van der Waals surface area (Å²) in [5, 5.41) is 11.5. The van der Waals surface area contributed by atoms with Gasteiger partial charge in [0.2, 0.25) is 12.5 Å². The number of rotatable bonds is 12. The number of unbranched alkanes of at least 4 members (excludes halogenated alkanes) is 5. The first-order valence-electron chi connectivity index (χ1n) is 12.6.